The van der Waals surface area contributed by atoms with Crippen LogP contribution in [0.15, 0.2) is 18.2 Å². The van der Waals surface area contributed by atoms with Crippen LogP contribution >= 0.6 is 0 Å². The summed E-state index contributed by atoms with van der Waals surface area (Å²) in [5, 5.41) is 20.5. The zero-order chi connectivity index (χ0) is 13.6. The number of nitriles is 1. The van der Waals surface area contributed by atoms with Crippen molar-refractivity contribution in [3.63, 3.8) is 0 Å². The second-order valence-corrected chi connectivity index (χ2v) is 6.56. The molecule has 3 rings (SSSR count). The average molecular weight is 255 g/mol. The number of aliphatic hydroxyl groups excluding tert-OH is 1. The molecular formula is C17H21NO. The predicted molar refractivity (Wildman–Crippen MR) is 74.4 cm³/mol. The van der Waals surface area contributed by atoms with Gasteiger partial charge in [0.25, 0.3) is 0 Å². The Bertz CT molecular complexity index is 524. The summed E-state index contributed by atoms with van der Waals surface area (Å²) in [5.41, 5.74) is 2.70. The molecule has 2 saturated carbocycles. The average Bonchev–Trinajstić information content (AvgIpc) is 2.97. The van der Waals surface area contributed by atoms with Gasteiger partial charge in [0.2, 0.25) is 0 Å². The molecule has 0 saturated heterocycles. The smallest absolute Gasteiger partial charge is 0.0979 e. The molecule has 2 heteroatoms. The highest BCUT2D eigenvalue weighted by atomic mass is 16.3. The number of hydrogen-bond donors (Lipinski definition) is 1. The topological polar surface area (TPSA) is 44.0 Å². The Balaban J connectivity index is 1.98. The first-order valence-electron chi connectivity index (χ1n) is 7.22. The summed E-state index contributed by atoms with van der Waals surface area (Å²) in [5.74, 6) is 1.04. The summed E-state index contributed by atoms with van der Waals surface area (Å²) >= 11 is 0. The minimum absolute atomic E-state index is 0.387. The highest BCUT2D eigenvalue weighted by Crippen LogP contribution is 2.60. The monoisotopic (exact) mass is 255 g/mol. The lowest BCUT2D eigenvalue weighted by molar-refractivity contribution is 0.0232. The largest absolute Gasteiger partial charge is 0.387 e. The third-order valence-electron chi connectivity index (χ3n) is 5.15. The van der Waals surface area contributed by atoms with Crippen LogP contribution < -0.4 is 0 Å². The molecule has 1 N–H and O–H groups in total. The van der Waals surface area contributed by atoms with Crippen molar-refractivity contribution in [1.82, 2.24) is 0 Å². The fourth-order valence-corrected chi connectivity index (χ4v) is 4.37. The molecule has 0 spiro atoms. The zero-order valence-corrected chi connectivity index (χ0v) is 11.7. The van der Waals surface area contributed by atoms with Crippen molar-refractivity contribution in [3.8, 4) is 6.07 Å². The van der Waals surface area contributed by atoms with Crippen LogP contribution in [0.3, 0.4) is 0 Å². The van der Waals surface area contributed by atoms with Gasteiger partial charge in [-0.2, -0.15) is 5.26 Å². The molecule has 100 valence electrons. The third-order valence-corrected chi connectivity index (χ3v) is 5.15. The van der Waals surface area contributed by atoms with Gasteiger partial charge in [0.15, 0.2) is 0 Å². The van der Waals surface area contributed by atoms with Crippen LogP contribution in [0, 0.1) is 42.4 Å². The van der Waals surface area contributed by atoms with Gasteiger partial charge in [-0.15, -0.1) is 0 Å². The molecule has 1 aromatic rings. The van der Waals surface area contributed by atoms with Gasteiger partial charge in [-0.1, -0.05) is 35.7 Å². The Morgan fingerprint density at radius 3 is 2.42 bits per heavy atom. The number of aliphatic hydroxyl groups is 1. The summed E-state index contributed by atoms with van der Waals surface area (Å²) in [7, 11) is 0. The van der Waals surface area contributed by atoms with E-state index in [1.54, 1.807) is 0 Å². The number of hydrogen-bond acceptors (Lipinski definition) is 2. The van der Waals surface area contributed by atoms with Crippen molar-refractivity contribution in [2.75, 3.05) is 0 Å². The van der Waals surface area contributed by atoms with E-state index in [1.165, 1.54) is 6.42 Å². The van der Waals surface area contributed by atoms with Gasteiger partial charge < -0.3 is 5.11 Å². The number of nitrogens with zero attached hydrogens (tertiary/aromatic N) is 1. The molecule has 4 atom stereocenters. The van der Waals surface area contributed by atoms with E-state index in [2.05, 4.69) is 12.1 Å². The standard InChI is InChI=1S/C17H21NO/c1-11-5-12(2)7-14(6-11)16(19)17(10-18)9-13-3-4-15(17)8-13/h5-7,13,15-16,19H,3-4,8-9H2,1-2H3. The van der Waals surface area contributed by atoms with Gasteiger partial charge in [-0.3, -0.25) is 0 Å². The van der Waals surface area contributed by atoms with Gasteiger partial charge >= 0.3 is 0 Å². The Morgan fingerprint density at radius 1 is 1.26 bits per heavy atom. The molecule has 2 aliphatic rings. The molecule has 0 radical (unpaired) electrons. The molecule has 2 fully saturated rings. The number of fused-ring (bicyclic) bond motifs is 2. The Labute approximate surface area is 115 Å². The van der Waals surface area contributed by atoms with E-state index in [1.807, 2.05) is 26.0 Å². The predicted octanol–water partition coefficient (Wildman–Crippen LogP) is 3.67. The second-order valence-electron chi connectivity index (χ2n) is 6.56. The lowest BCUT2D eigenvalue weighted by Crippen LogP contribution is -2.33. The summed E-state index contributed by atoms with van der Waals surface area (Å²) < 4.78 is 0. The maximum absolute atomic E-state index is 10.8. The highest BCUT2D eigenvalue weighted by molar-refractivity contribution is 5.33. The van der Waals surface area contributed by atoms with E-state index >= 15 is 0 Å². The first-order chi connectivity index (χ1) is 9.05. The molecule has 2 bridgehead atoms. The van der Waals surface area contributed by atoms with Crippen LogP contribution in [0.5, 0.6) is 0 Å². The first kappa shape index (κ1) is 12.7. The molecule has 0 aliphatic heterocycles. The minimum atomic E-state index is -0.633. The molecular weight excluding hydrogens is 234 g/mol. The van der Waals surface area contributed by atoms with E-state index in [4.69, 9.17) is 0 Å². The summed E-state index contributed by atoms with van der Waals surface area (Å²) in [6.45, 7) is 4.09. The second kappa shape index (κ2) is 4.35. The maximum atomic E-state index is 10.8. The van der Waals surface area contributed by atoms with Gasteiger partial charge in [-0.25, -0.2) is 0 Å². The van der Waals surface area contributed by atoms with Crippen molar-refractivity contribution >= 4 is 0 Å². The first-order valence-corrected chi connectivity index (χ1v) is 7.22. The summed E-state index contributed by atoms with van der Waals surface area (Å²) in [6, 6.07) is 8.66. The molecule has 19 heavy (non-hydrogen) atoms. The lowest BCUT2D eigenvalue weighted by atomic mass is 9.68. The molecule has 2 nitrogen and oxygen atoms in total. The number of rotatable bonds is 2. The molecule has 0 aromatic heterocycles. The molecule has 2 aliphatic carbocycles. The van der Waals surface area contributed by atoms with Crippen molar-refractivity contribution < 1.29 is 5.11 Å². The highest BCUT2D eigenvalue weighted by Gasteiger charge is 2.55. The molecule has 0 amide bonds. The molecule has 0 heterocycles. The van der Waals surface area contributed by atoms with Crippen molar-refractivity contribution in [2.24, 2.45) is 17.3 Å². The minimum Gasteiger partial charge on any atom is -0.387 e. The summed E-state index contributed by atoms with van der Waals surface area (Å²) in [4.78, 5) is 0. The summed E-state index contributed by atoms with van der Waals surface area (Å²) in [6.07, 6.45) is 3.73. The fourth-order valence-electron chi connectivity index (χ4n) is 4.37. The van der Waals surface area contributed by atoms with E-state index in [0.29, 0.717) is 11.8 Å². The van der Waals surface area contributed by atoms with E-state index in [-0.39, 0.29) is 0 Å². The number of benzene rings is 1. The van der Waals surface area contributed by atoms with Gasteiger partial charge in [-0.05, 0) is 50.5 Å². The van der Waals surface area contributed by atoms with Gasteiger partial charge in [0.05, 0.1) is 17.6 Å². The van der Waals surface area contributed by atoms with E-state index in [0.717, 1.165) is 36.0 Å². The van der Waals surface area contributed by atoms with Crippen LogP contribution in [0.2, 0.25) is 0 Å². The van der Waals surface area contributed by atoms with E-state index in [9.17, 15) is 10.4 Å². The quantitative estimate of drug-likeness (QED) is 0.876. The number of aryl methyl sites for hydroxylation is 2. The maximum Gasteiger partial charge on any atom is 0.0979 e. The molecule has 1 aromatic carbocycles. The zero-order valence-electron chi connectivity index (χ0n) is 11.7. The van der Waals surface area contributed by atoms with Crippen LogP contribution in [-0.2, 0) is 0 Å². The van der Waals surface area contributed by atoms with Crippen LogP contribution in [-0.4, -0.2) is 5.11 Å². The van der Waals surface area contributed by atoms with Gasteiger partial charge in [0.1, 0.15) is 0 Å². The van der Waals surface area contributed by atoms with E-state index < -0.39 is 11.5 Å². The van der Waals surface area contributed by atoms with Crippen LogP contribution in [0.4, 0.5) is 0 Å². The Morgan fingerprint density at radius 2 is 1.95 bits per heavy atom. The van der Waals surface area contributed by atoms with Gasteiger partial charge in [0, 0.05) is 0 Å². The van der Waals surface area contributed by atoms with Crippen molar-refractivity contribution in [1.29, 1.82) is 5.26 Å². The lowest BCUT2D eigenvalue weighted by Gasteiger charge is -2.35. The Hall–Kier alpha value is -1.33. The fraction of sp³-hybridized carbons (Fsp3) is 0.588. The molecule has 4 unspecified atom stereocenters. The van der Waals surface area contributed by atoms with Crippen LogP contribution in [0.25, 0.3) is 0 Å². The van der Waals surface area contributed by atoms with Crippen molar-refractivity contribution in [2.45, 2.75) is 45.6 Å². The third kappa shape index (κ3) is 1.88. The van der Waals surface area contributed by atoms with Crippen molar-refractivity contribution in [3.05, 3.63) is 34.9 Å². The normalized spacial score (nSPS) is 34.2. The Kier molecular flexibility index (Phi) is 2.91. The van der Waals surface area contributed by atoms with Crippen LogP contribution in [0.1, 0.15) is 48.5 Å². The SMILES string of the molecule is Cc1cc(C)cc(C(O)C2(C#N)CC3CCC2C3)c1.